The lowest BCUT2D eigenvalue weighted by Crippen LogP contribution is -2.35. The molecule has 0 bridgehead atoms. The van der Waals surface area contributed by atoms with Crippen molar-refractivity contribution in [3.05, 3.63) is 30.3 Å². The van der Waals surface area contributed by atoms with Gasteiger partial charge in [0.2, 0.25) is 11.9 Å². The first-order valence-electron chi connectivity index (χ1n) is 12.2. The Kier molecular flexibility index (Phi) is 10.1. The molecule has 0 aliphatic rings. The van der Waals surface area contributed by atoms with Crippen LogP contribution in [0, 0.1) is 0 Å². The standard InChI is InChI=1S/C26H47N10P/c1-30(2)25(31(3)4)27-21-18-20-16-15-17-22(28-26(32(5)6)33(7)8)24(20)23(19-21)29-37(34(9)10,35(11)12)36(13)14/h15-19H,1-14H3. The minimum atomic E-state index is -2.24. The SMILES string of the molecule is CN(C)C(=Nc1cc(N=P(N(C)C)(N(C)C)N(C)C)c2c(N=C(N(C)C)N(C)C)cccc2c1)N(C)C. The summed E-state index contributed by atoms with van der Waals surface area (Å²) in [6.07, 6.45) is 0. The van der Waals surface area contributed by atoms with Crippen LogP contribution in [0.2, 0.25) is 0 Å². The average molecular weight is 531 g/mol. The summed E-state index contributed by atoms with van der Waals surface area (Å²) in [6, 6.07) is 10.4. The molecule has 0 aromatic heterocycles. The van der Waals surface area contributed by atoms with E-state index in [0.717, 1.165) is 39.8 Å². The van der Waals surface area contributed by atoms with Crippen LogP contribution in [-0.4, -0.2) is 144 Å². The fourth-order valence-corrected chi connectivity index (χ4v) is 7.65. The maximum Gasteiger partial charge on any atom is 0.200 e. The van der Waals surface area contributed by atoms with Crippen LogP contribution in [-0.2, 0) is 0 Å². The van der Waals surface area contributed by atoms with Crippen molar-refractivity contribution in [1.29, 1.82) is 0 Å². The molecule has 2 aromatic carbocycles. The first-order chi connectivity index (χ1) is 17.1. The van der Waals surface area contributed by atoms with Gasteiger partial charge in [-0.1, -0.05) is 12.1 Å². The Labute approximate surface area is 224 Å². The van der Waals surface area contributed by atoms with Crippen molar-refractivity contribution in [1.82, 2.24) is 33.6 Å². The molecule has 0 saturated carbocycles. The van der Waals surface area contributed by atoms with Crippen molar-refractivity contribution in [2.75, 3.05) is 98.7 Å². The molecule has 0 radical (unpaired) electrons. The molecular formula is C26H47N10P. The topological polar surface area (TPSA) is 59.8 Å². The van der Waals surface area contributed by atoms with Gasteiger partial charge in [0.1, 0.15) is 0 Å². The number of rotatable bonds is 6. The molecule has 0 aliphatic carbocycles. The van der Waals surface area contributed by atoms with Crippen molar-refractivity contribution < 1.29 is 0 Å². The Morgan fingerprint density at radius 1 is 0.568 bits per heavy atom. The van der Waals surface area contributed by atoms with E-state index in [1.165, 1.54) is 0 Å². The van der Waals surface area contributed by atoms with Crippen molar-refractivity contribution >= 4 is 47.3 Å². The van der Waals surface area contributed by atoms with E-state index < -0.39 is 7.51 Å². The molecule has 0 atom stereocenters. The smallest absolute Gasteiger partial charge is 0.200 e. The number of hydrogen-bond acceptors (Lipinski definition) is 3. The lowest BCUT2D eigenvalue weighted by molar-refractivity contribution is 0.474. The predicted octanol–water partition coefficient (Wildman–Crippen LogP) is 4.32. The van der Waals surface area contributed by atoms with Gasteiger partial charge in [-0.3, -0.25) is 14.0 Å². The van der Waals surface area contributed by atoms with E-state index in [4.69, 9.17) is 14.7 Å². The molecule has 0 amide bonds. The van der Waals surface area contributed by atoms with Gasteiger partial charge in [0, 0.05) is 61.8 Å². The predicted molar refractivity (Wildman–Crippen MR) is 163 cm³/mol. The lowest BCUT2D eigenvalue weighted by Gasteiger charge is -2.41. The summed E-state index contributed by atoms with van der Waals surface area (Å²) in [5.74, 6) is 1.72. The zero-order valence-corrected chi connectivity index (χ0v) is 26.2. The van der Waals surface area contributed by atoms with Crippen LogP contribution < -0.4 is 0 Å². The Bertz CT molecular complexity index is 1140. The van der Waals surface area contributed by atoms with Crippen LogP contribution in [0.15, 0.2) is 45.1 Å². The molecule has 0 aliphatic heterocycles. The molecule has 11 heteroatoms. The second-order valence-corrected chi connectivity index (χ2v) is 14.1. The van der Waals surface area contributed by atoms with Gasteiger partial charge in [-0.2, -0.15) is 0 Å². The highest BCUT2D eigenvalue weighted by Crippen LogP contribution is 2.58. The summed E-state index contributed by atoms with van der Waals surface area (Å²) in [5.41, 5.74) is 2.59. The minimum Gasteiger partial charge on any atom is -0.349 e. The van der Waals surface area contributed by atoms with Gasteiger partial charge in [0.15, 0.2) is 7.51 Å². The highest BCUT2D eigenvalue weighted by molar-refractivity contribution is 7.59. The van der Waals surface area contributed by atoms with Crippen LogP contribution >= 0.6 is 7.51 Å². The second-order valence-electron chi connectivity index (χ2n) is 10.4. The molecule has 2 rings (SSSR count). The van der Waals surface area contributed by atoms with E-state index in [1.807, 2.05) is 82.0 Å². The van der Waals surface area contributed by atoms with E-state index in [2.05, 4.69) is 80.6 Å². The molecule has 0 spiro atoms. The van der Waals surface area contributed by atoms with Gasteiger partial charge in [-0.05, 0) is 65.9 Å². The Hall–Kier alpha value is -2.65. The number of fused-ring (bicyclic) bond motifs is 1. The van der Waals surface area contributed by atoms with Gasteiger partial charge in [0.25, 0.3) is 0 Å². The molecule has 0 N–H and O–H groups in total. The molecule has 2 aromatic rings. The minimum absolute atomic E-state index is 0.847. The molecule has 0 saturated heterocycles. The fourth-order valence-electron chi connectivity index (χ4n) is 4.52. The van der Waals surface area contributed by atoms with Gasteiger partial charge in [-0.25, -0.2) is 14.7 Å². The molecule has 0 unspecified atom stereocenters. The van der Waals surface area contributed by atoms with Crippen LogP contribution in [0.3, 0.4) is 0 Å². The largest absolute Gasteiger partial charge is 0.349 e. The molecule has 37 heavy (non-hydrogen) atoms. The molecule has 206 valence electrons. The summed E-state index contributed by atoms with van der Waals surface area (Å²) in [6.45, 7) is 0. The summed E-state index contributed by atoms with van der Waals surface area (Å²) in [7, 11) is 26.3. The fraction of sp³-hybridized carbons (Fsp3) is 0.538. The third kappa shape index (κ3) is 6.62. The summed E-state index contributed by atoms with van der Waals surface area (Å²) in [5, 5.41) is 2.05. The molecule has 10 nitrogen and oxygen atoms in total. The van der Waals surface area contributed by atoms with Gasteiger partial charge in [-0.15, -0.1) is 0 Å². The van der Waals surface area contributed by atoms with Gasteiger partial charge >= 0.3 is 0 Å². The number of benzene rings is 2. The third-order valence-corrected chi connectivity index (χ3v) is 9.52. The number of hydrogen-bond donors (Lipinski definition) is 0. The van der Waals surface area contributed by atoms with Crippen molar-refractivity contribution in [2.45, 2.75) is 0 Å². The quantitative estimate of drug-likeness (QED) is 0.313. The third-order valence-electron chi connectivity index (χ3n) is 5.82. The highest BCUT2D eigenvalue weighted by Gasteiger charge is 2.29. The molecule has 0 fully saturated rings. The summed E-state index contributed by atoms with van der Waals surface area (Å²) in [4.78, 5) is 18.2. The number of nitrogens with zero attached hydrogens (tertiary/aromatic N) is 10. The first-order valence-corrected chi connectivity index (χ1v) is 13.8. The van der Waals surface area contributed by atoms with Crippen LogP contribution in [0.25, 0.3) is 10.8 Å². The van der Waals surface area contributed by atoms with Crippen LogP contribution in [0.1, 0.15) is 0 Å². The monoisotopic (exact) mass is 530 g/mol. The lowest BCUT2D eigenvalue weighted by atomic mass is 10.1. The number of guanidine groups is 2. The van der Waals surface area contributed by atoms with Gasteiger partial charge in [0.05, 0.1) is 17.1 Å². The first kappa shape index (κ1) is 30.6. The van der Waals surface area contributed by atoms with Crippen molar-refractivity contribution in [3.63, 3.8) is 0 Å². The highest BCUT2D eigenvalue weighted by atomic mass is 31.2. The van der Waals surface area contributed by atoms with Crippen LogP contribution in [0.4, 0.5) is 17.1 Å². The second kappa shape index (κ2) is 12.3. The van der Waals surface area contributed by atoms with E-state index in [1.54, 1.807) is 0 Å². The Morgan fingerprint density at radius 3 is 1.46 bits per heavy atom. The normalized spacial score (nSPS) is 11.7. The zero-order chi connectivity index (χ0) is 28.2. The van der Waals surface area contributed by atoms with E-state index in [9.17, 15) is 0 Å². The average Bonchev–Trinajstić information content (AvgIpc) is 2.77. The summed E-state index contributed by atoms with van der Waals surface area (Å²) < 4.78 is 12.2. The Balaban J connectivity index is 3.13. The maximum absolute atomic E-state index is 5.53. The summed E-state index contributed by atoms with van der Waals surface area (Å²) >= 11 is 0. The van der Waals surface area contributed by atoms with Crippen molar-refractivity contribution in [2.24, 2.45) is 14.7 Å². The Morgan fingerprint density at radius 2 is 1.03 bits per heavy atom. The molecular weight excluding hydrogens is 483 g/mol. The molecule has 0 heterocycles. The maximum atomic E-state index is 5.53. The van der Waals surface area contributed by atoms with Crippen molar-refractivity contribution in [3.8, 4) is 0 Å². The van der Waals surface area contributed by atoms with E-state index in [0.29, 0.717) is 0 Å². The van der Waals surface area contributed by atoms with E-state index in [-0.39, 0.29) is 0 Å². The van der Waals surface area contributed by atoms with Gasteiger partial charge < -0.3 is 19.6 Å². The number of aliphatic imine (C=N–C) groups is 2. The van der Waals surface area contributed by atoms with Crippen LogP contribution in [0.5, 0.6) is 0 Å². The zero-order valence-electron chi connectivity index (χ0n) is 25.3. The van der Waals surface area contributed by atoms with E-state index >= 15 is 0 Å².